The number of nitrogens with zero attached hydrogens (tertiary/aromatic N) is 3. The largest absolute Gasteiger partial charge is 0.496 e. The van der Waals surface area contributed by atoms with Crippen LogP contribution in [0.2, 0.25) is 0 Å². The van der Waals surface area contributed by atoms with Crippen LogP contribution in [0.3, 0.4) is 0 Å². The fraction of sp³-hybridized carbons (Fsp3) is 0.133. The SMILES string of the molecule is COc1cccc(OC)c1C(=O)n1nnc2ccccc21. The van der Waals surface area contributed by atoms with Crippen molar-refractivity contribution in [1.29, 1.82) is 0 Å². The van der Waals surface area contributed by atoms with Gasteiger partial charge in [0.2, 0.25) is 0 Å². The summed E-state index contributed by atoms with van der Waals surface area (Å²) in [7, 11) is 3.01. The maximum Gasteiger partial charge on any atom is 0.287 e. The van der Waals surface area contributed by atoms with Crippen LogP contribution in [0, 0.1) is 0 Å². The van der Waals surface area contributed by atoms with E-state index >= 15 is 0 Å². The Morgan fingerprint density at radius 3 is 2.33 bits per heavy atom. The summed E-state index contributed by atoms with van der Waals surface area (Å²) >= 11 is 0. The first-order chi connectivity index (χ1) is 10.3. The Morgan fingerprint density at radius 2 is 1.67 bits per heavy atom. The van der Waals surface area contributed by atoms with Gasteiger partial charge in [0.1, 0.15) is 22.6 Å². The van der Waals surface area contributed by atoms with Gasteiger partial charge in [-0.1, -0.05) is 23.4 Å². The maximum absolute atomic E-state index is 12.8. The molecule has 0 aliphatic rings. The molecule has 0 spiro atoms. The van der Waals surface area contributed by atoms with Gasteiger partial charge >= 0.3 is 0 Å². The second-order valence-electron chi connectivity index (χ2n) is 4.33. The number of para-hydroxylation sites is 1. The van der Waals surface area contributed by atoms with Gasteiger partial charge < -0.3 is 9.47 Å². The van der Waals surface area contributed by atoms with Gasteiger partial charge in [-0.05, 0) is 24.3 Å². The number of fused-ring (bicyclic) bond motifs is 1. The lowest BCUT2D eigenvalue weighted by molar-refractivity contribution is 0.0942. The summed E-state index contributed by atoms with van der Waals surface area (Å²) < 4.78 is 11.8. The van der Waals surface area contributed by atoms with Gasteiger partial charge in [-0.15, -0.1) is 5.10 Å². The quantitative estimate of drug-likeness (QED) is 0.736. The molecule has 0 atom stereocenters. The summed E-state index contributed by atoms with van der Waals surface area (Å²) in [5.74, 6) is 0.510. The minimum atomic E-state index is -0.349. The molecule has 0 unspecified atom stereocenters. The number of carbonyl (C=O) groups is 1. The summed E-state index contributed by atoms with van der Waals surface area (Å²) in [4.78, 5) is 12.8. The highest BCUT2D eigenvalue weighted by Gasteiger charge is 2.22. The van der Waals surface area contributed by atoms with Crippen LogP contribution >= 0.6 is 0 Å². The molecule has 0 N–H and O–H groups in total. The van der Waals surface area contributed by atoms with Crippen molar-refractivity contribution in [2.24, 2.45) is 0 Å². The molecule has 0 radical (unpaired) electrons. The summed E-state index contributed by atoms with van der Waals surface area (Å²) in [5.41, 5.74) is 1.60. The molecule has 6 nitrogen and oxygen atoms in total. The molecule has 0 amide bonds. The molecule has 2 aromatic carbocycles. The van der Waals surface area contributed by atoms with Gasteiger partial charge in [0.05, 0.1) is 19.7 Å². The van der Waals surface area contributed by atoms with Crippen molar-refractivity contribution in [2.75, 3.05) is 14.2 Å². The number of hydrogen-bond donors (Lipinski definition) is 0. The highest BCUT2D eigenvalue weighted by molar-refractivity contribution is 6.04. The molecule has 106 valence electrons. The monoisotopic (exact) mass is 283 g/mol. The molecule has 21 heavy (non-hydrogen) atoms. The molecule has 0 bridgehead atoms. The van der Waals surface area contributed by atoms with Crippen LogP contribution in [0.5, 0.6) is 11.5 Å². The maximum atomic E-state index is 12.8. The molecule has 0 saturated heterocycles. The molecule has 0 saturated carbocycles. The molecule has 0 fully saturated rings. The number of rotatable bonds is 3. The smallest absolute Gasteiger partial charge is 0.287 e. The first-order valence-corrected chi connectivity index (χ1v) is 6.32. The fourth-order valence-electron chi connectivity index (χ4n) is 2.19. The standard InChI is InChI=1S/C15H13N3O3/c1-20-12-8-5-9-13(21-2)14(12)15(19)18-11-7-4-3-6-10(11)16-17-18/h3-9H,1-2H3. The zero-order chi connectivity index (χ0) is 14.8. The van der Waals surface area contributed by atoms with Gasteiger partial charge in [0.15, 0.2) is 0 Å². The van der Waals surface area contributed by atoms with E-state index in [0.717, 1.165) is 0 Å². The molecule has 6 heteroatoms. The first-order valence-electron chi connectivity index (χ1n) is 6.32. The van der Waals surface area contributed by atoms with Crippen molar-refractivity contribution < 1.29 is 14.3 Å². The van der Waals surface area contributed by atoms with E-state index < -0.39 is 0 Å². The number of ether oxygens (including phenoxy) is 2. The molecule has 3 rings (SSSR count). The van der Waals surface area contributed by atoms with Crippen LogP contribution in [0.25, 0.3) is 11.0 Å². The van der Waals surface area contributed by atoms with Crippen LogP contribution in [0.1, 0.15) is 10.4 Å². The molecule has 0 aliphatic heterocycles. The Bertz CT molecular complexity index is 789. The number of aromatic nitrogens is 3. The lowest BCUT2D eigenvalue weighted by Gasteiger charge is -2.11. The number of hydrogen-bond acceptors (Lipinski definition) is 5. The van der Waals surface area contributed by atoms with E-state index in [9.17, 15) is 4.79 Å². The number of carbonyl (C=O) groups excluding carboxylic acids is 1. The molecular formula is C15H13N3O3. The number of methoxy groups -OCH3 is 2. The minimum Gasteiger partial charge on any atom is -0.496 e. The fourth-order valence-corrected chi connectivity index (χ4v) is 2.19. The van der Waals surface area contributed by atoms with E-state index in [4.69, 9.17) is 9.47 Å². The van der Waals surface area contributed by atoms with Crippen LogP contribution < -0.4 is 9.47 Å². The van der Waals surface area contributed by atoms with Crippen LogP contribution in [-0.2, 0) is 0 Å². The van der Waals surface area contributed by atoms with Crippen LogP contribution in [0.15, 0.2) is 42.5 Å². The Labute approximate surface area is 120 Å². The molecule has 1 aromatic heterocycles. The topological polar surface area (TPSA) is 66.2 Å². The molecule has 0 aliphatic carbocycles. The van der Waals surface area contributed by atoms with Crippen molar-refractivity contribution in [3.05, 3.63) is 48.0 Å². The summed E-state index contributed by atoms with van der Waals surface area (Å²) in [5, 5.41) is 7.92. The van der Waals surface area contributed by atoms with E-state index in [1.54, 1.807) is 30.3 Å². The highest BCUT2D eigenvalue weighted by Crippen LogP contribution is 2.29. The lowest BCUT2D eigenvalue weighted by atomic mass is 10.1. The highest BCUT2D eigenvalue weighted by atomic mass is 16.5. The average Bonchev–Trinajstić information content (AvgIpc) is 2.97. The average molecular weight is 283 g/mol. The van der Waals surface area contributed by atoms with Gasteiger partial charge in [-0.2, -0.15) is 4.68 Å². The van der Waals surface area contributed by atoms with E-state index in [1.807, 2.05) is 12.1 Å². The van der Waals surface area contributed by atoms with E-state index in [2.05, 4.69) is 10.3 Å². The van der Waals surface area contributed by atoms with Gasteiger partial charge in [0, 0.05) is 0 Å². The Kier molecular flexibility index (Phi) is 3.27. The van der Waals surface area contributed by atoms with E-state index in [0.29, 0.717) is 28.1 Å². The van der Waals surface area contributed by atoms with Crippen molar-refractivity contribution >= 4 is 16.9 Å². The normalized spacial score (nSPS) is 10.6. The van der Waals surface area contributed by atoms with Crippen LogP contribution in [-0.4, -0.2) is 35.1 Å². The third kappa shape index (κ3) is 2.10. The molecular weight excluding hydrogens is 270 g/mol. The summed E-state index contributed by atoms with van der Waals surface area (Å²) in [6.07, 6.45) is 0. The third-order valence-corrected chi connectivity index (χ3v) is 3.19. The van der Waals surface area contributed by atoms with Crippen molar-refractivity contribution in [1.82, 2.24) is 15.0 Å². The number of benzene rings is 2. The lowest BCUT2D eigenvalue weighted by Crippen LogP contribution is -2.16. The summed E-state index contributed by atoms with van der Waals surface area (Å²) in [6.45, 7) is 0. The Morgan fingerprint density at radius 1 is 1.00 bits per heavy atom. The predicted molar refractivity (Wildman–Crippen MR) is 76.8 cm³/mol. The van der Waals surface area contributed by atoms with Gasteiger partial charge in [-0.3, -0.25) is 4.79 Å². The van der Waals surface area contributed by atoms with Gasteiger partial charge in [0.25, 0.3) is 5.91 Å². The second kappa shape index (κ2) is 5.24. The van der Waals surface area contributed by atoms with Crippen molar-refractivity contribution in [3.8, 4) is 11.5 Å². The van der Waals surface area contributed by atoms with Gasteiger partial charge in [-0.25, -0.2) is 0 Å². The Hall–Kier alpha value is -2.89. The third-order valence-electron chi connectivity index (χ3n) is 3.19. The minimum absolute atomic E-state index is 0.318. The Balaban J connectivity index is 2.19. The predicted octanol–water partition coefficient (Wildman–Crippen LogP) is 2.14. The summed E-state index contributed by atoms with van der Waals surface area (Å²) in [6, 6.07) is 12.4. The molecule has 3 aromatic rings. The van der Waals surface area contributed by atoms with E-state index in [1.165, 1.54) is 18.9 Å². The van der Waals surface area contributed by atoms with Crippen molar-refractivity contribution in [3.63, 3.8) is 0 Å². The first kappa shape index (κ1) is 13.1. The van der Waals surface area contributed by atoms with Crippen molar-refractivity contribution in [2.45, 2.75) is 0 Å². The molecule has 1 heterocycles. The second-order valence-corrected chi connectivity index (χ2v) is 4.33. The van der Waals surface area contributed by atoms with Crippen LogP contribution in [0.4, 0.5) is 0 Å². The zero-order valence-electron chi connectivity index (χ0n) is 11.6. The zero-order valence-corrected chi connectivity index (χ0v) is 11.6. The van der Waals surface area contributed by atoms with E-state index in [-0.39, 0.29) is 5.91 Å².